The van der Waals surface area contributed by atoms with Crippen molar-refractivity contribution in [1.29, 1.82) is 0 Å². The smallest absolute Gasteiger partial charge is 0.311 e. The van der Waals surface area contributed by atoms with Crippen LogP contribution in [0, 0.1) is 5.41 Å². The second kappa shape index (κ2) is 6.39. The minimum atomic E-state index is -0.900. The Hall–Kier alpha value is -2.76. The summed E-state index contributed by atoms with van der Waals surface area (Å²) in [6, 6.07) is 11.0. The van der Waals surface area contributed by atoms with Crippen LogP contribution in [0.4, 0.5) is 0 Å². The highest BCUT2D eigenvalue weighted by molar-refractivity contribution is 5.93. The van der Waals surface area contributed by atoms with E-state index in [0.29, 0.717) is 24.3 Å². The molecule has 3 rings (SSSR count). The van der Waals surface area contributed by atoms with Gasteiger partial charge in [-0.3, -0.25) is 9.59 Å². The van der Waals surface area contributed by atoms with Crippen LogP contribution >= 0.6 is 0 Å². The topological polar surface area (TPSA) is 80.0 Å². The first-order valence-corrected chi connectivity index (χ1v) is 7.76. The first kappa shape index (κ1) is 16.1. The van der Waals surface area contributed by atoms with E-state index < -0.39 is 11.4 Å². The number of amides is 1. The van der Waals surface area contributed by atoms with Gasteiger partial charge < -0.3 is 19.2 Å². The lowest BCUT2D eigenvalue weighted by Gasteiger charge is -2.19. The molecule has 0 radical (unpaired) electrons. The van der Waals surface area contributed by atoms with Gasteiger partial charge in [0, 0.05) is 18.7 Å². The van der Waals surface area contributed by atoms with Gasteiger partial charge in [-0.25, -0.2) is 0 Å². The predicted molar refractivity (Wildman–Crippen MR) is 85.7 cm³/mol. The number of aliphatic carboxylic acids is 1. The quantitative estimate of drug-likeness (QED) is 0.912. The van der Waals surface area contributed by atoms with Gasteiger partial charge in [-0.1, -0.05) is 18.2 Å². The molecule has 0 unspecified atom stereocenters. The molecule has 24 heavy (non-hydrogen) atoms. The number of rotatable bonds is 5. The van der Waals surface area contributed by atoms with E-state index in [1.165, 1.54) is 11.2 Å². The Kier molecular flexibility index (Phi) is 4.29. The van der Waals surface area contributed by atoms with E-state index in [2.05, 4.69) is 0 Å². The summed E-state index contributed by atoms with van der Waals surface area (Å²) in [6.45, 7) is 2.46. The molecule has 126 valence electrons. The van der Waals surface area contributed by atoms with Crippen molar-refractivity contribution < 1.29 is 23.8 Å². The Bertz CT molecular complexity index is 739. The molecule has 1 aliphatic heterocycles. The van der Waals surface area contributed by atoms with Crippen molar-refractivity contribution >= 4 is 11.9 Å². The first-order chi connectivity index (χ1) is 11.5. The fourth-order valence-corrected chi connectivity index (χ4v) is 2.77. The molecule has 1 aliphatic rings. The number of carbonyl (C=O) groups is 2. The third kappa shape index (κ3) is 3.13. The summed E-state index contributed by atoms with van der Waals surface area (Å²) in [5, 5.41) is 9.29. The van der Waals surface area contributed by atoms with E-state index in [-0.39, 0.29) is 24.8 Å². The number of para-hydroxylation sites is 1. The average molecular weight is 329 g/mol. The van der Waals surface area contributed by atoms with Crippen molar-refractivity contribution in [2.45, 2.75) is 20.0 Å². The zero-order valence-electron chi connectivity index (χ0n) is 13.4. The fourth-order valence-electron chi connectivity index (χ4n) is 2.77. The van der Waals surface area contributed by atoms with Crippen molar-refractivity contribution in [3.63, 3.8) is 0 Å². The molecule has 0 spiro atoms. The van der Waals surface area contributed by atoms with E-state index >= 15 is 0 Å². The van der Waals surface area contributed by atoms with E-state index in [1.807, 2.05) is 30.3 Å². The largest absolute Gasteiger partial charge is 0.489 e. The minimum Gasteiger partial charge on any atom is -0.489 e. The maximum Gasteiger partial charge on any atom is 0.311 e. The number of carboxylic acids is 1. The number of hydrogen-bond donors (Lipinski definition) is 1. The van der Waals surface area contributed by atoms with Crippen LogP contribution in [0.25, 0.3) is 0 Å². The van der Waals surface area contributed by atoms with Crippen LogP contribution in [-0.2, 0) is 11.4 Å². The molecule has 1 saturated heterocycles. The molecule has 6 heteroatoms. The van der Waals surface area contributed by atoms with Gasteiger partial charge in [-0.2, -0.15) is 0 Å². The average Bonchev–Trinajstić information content (AvgIpc) is 3.21. The minimum absolute atomic E-state index is 0.181. The number of carbonyl (C=O) groups excluding carboxylic acids is 1. The molecule has 0 aliphatic carbocycles. The maximum absolute atomic E-state index is 12.6. The van der Waals surface area contributed by atoms with E-state index in [4.69, 9.17) is 9.15 Å². The molecule has 1 N–H and O–H groups in total. The maximum atomic E-state index is 12.6. The number of ether oxygens (including phenoxy) is 1. The second-order valence-electron chi connectivity index (χ2n) is 6.22. The van der Waals surface area contributed by atoms with Crippen LogP contribution < -0.4 is 4.74 Å². The Labute approximate surface area is 139 Å². The SMILES string of the molecule is C[C@]1(C(=O)O)CCN(C(=O)c2occc2COc2ccccc2)C1. The second-order valence-corrected chi connectivity index (χ2v) is 6.22. The highest BCUT2D eigenvalue weighted by Gasteiger charge is 2.43. The summed E-state index contributed by atoms with van der Waals surface area (Å²) in [4.78, 5) is 25.5. The van der Waals surface area contributed by atoms with Gasteiger partial charge in [0.2, 0.25) is 0 Å². The highest BCUT2D eigenvalue weighted by atomic mass is 16.5. The molecule has 0 bridgehead atoms. The van der Waals surface area contributed by atoms with Crippen molar-refractivity contribution in [2.24, 2.45) is 5.41 Å². The number of carboxylic acid groups (broad SMARTS) is 1. The van der Waals surface area contributed by atoms with E-state index in [0.717, 1.165) is 0 Å². The monoisotopic (exact) mass is 329 g/mol. The van der Waals surface area contributed by atoms with Crippen LogP contribution in [-0.4, -0.2) is 35.0 Å². The first-order valence-electron chi connectivity index (χ1n) is 7.76. The molecule has 1 atom stereocenters. The fraction of sp³-hybridized carbons (Fsp3) is 0.333. The molecule has 1 fully saturated rings. The van der Waals surface area contributed by atoms with Crippen molar-refractivity contribution in [1.82, 2.24) is 4.90 Å². The van der Waals surface area contributed by atoms with E-state index in [9.17, 15) is 14.7 Å². The zero-order chi connectivity index (χ0) is 17.2. The van der Waals surface area contributed by atoms with Crippen molar-refractivity contribution in [3.05, 3.63) is 54.0 Å². The van der Waals surface area contributed by atoms with Gasteiger partial charge >= 0.3 is 5.97 Å². The summed E-state index contributed by atoms with van der Waals surface area (Å²) in [5.74, 6) is -0.265. The zero-order valence-corrected chi connectivity index (χ0v) is 13.4. The van der Waals surface area contributed by atoms with E-state index in [1.54, 1.807) is 13.0 Å². The van der Waals surface area contributed by atoms with Crippen LogP contribution in [0.5, 0.6) is 5.75 Å². The van der Waals surface area contributed by atoms with Gasteiger partial charge in [0.1, 0.15) is 12.4 Å². The molecule has 0 saturated carbocycles. The third-order valence-corrected chi connectivity index (χ3v) is 4.36. The van der Waals surface area contributed by atoms with Crippen LogP contribution in [0.1, 0.15) is 29.5 Å². The van der Waals surface area contributed by atoms with Crippen LogP contribution in [0.3, 0.4) is 0 Å². The Balaban J connectivity index is 1.69. The lowest BCUT2D eigenvalue weighted by atomic mass is 9.90. The Morgan fingerprint density at radius 1 is 1.29 bits per heavy atom. The summed E-state index contributed by atoms with van der Waals surface area (Å²) in [5.41, 5.74) is -0.254. The van der Waals surface area contributed by atoms with Crippen LogP contribution in [0.15, 0.2) is 47.1 Å². The predicted octanol–water partition coefficient (Wildman–Crippen LogP) is 2.80. The number of furan rings is 1. The lowest BCUT2D eigenvalue weighted by molar-refractivity contribution is -0.147. The van der Waals surface area contributed by atoms with Gasteiger partial charge in [0.25, 0.3) is 5.91 Å². The van der Waals surface area contributed by atoms with Gasteiger partial charge in [-0.05, 0) is 31.5 Å². The number of nitrogens with zero attached hydrogens (tertiary/aromatic N) is 1. The lowest BCUT2D eigenvalue weighted by Crippen LogP contribution is -2.35. The standard InChI is InChI=1S/C18H19NO5/c1-18(17(21)22)8-9-19(12-18)16(20)15-13(7-10-23-15)11-24-14-5-3-2-4-6-14/h2-7,10H,8-9,11-12H2,1H3,(H,21,22)/t18-/m0/s1. The molecule has 2 heterocycles. The molecular weight excluding hydrogens is 310 g/mol. The summed E-state index contributed by atoms with van der Waals surface area (Å²) in [7, 11) is 0. The van der Waals surface area contributed by atoms with Gasteiger partial charge in [0.05, 0.1) is 11.7 Å². The summed E-state index contributed by atoms with van der Waals surface area (Å²) < 4.78 is 11.0. The normalized spacial score (nSPS) is 20.1. The van der Waals surface area contributed by atoms with Crippen molar-refractivity contribution in [3.8, 4) is 5.75 Å². The highest BCUT2D eigenvalue weighted by Crippen LogP contribution is 2.31. The Morgan fingerprint density at radius 2 is 2.04 bits per heavy atom. The molecule has 1 aromatic carbocycles. The summed E-state index contributed by atoms with van der Waals surface area (Å²) >= 11 is 0. The number of benzene rings is 1. The molecule has 6 nitrogen and oxygen atoms in total. The van der Waals surface area contributed by atoms with Crippen molar-refractivity contribution in [2.75, 3.05) is 13.1 Å². The number of likely N-dealkylation sites (tertiary alicyclic amines) is 1. The third-order valence-electron chi connectivity index (χ3n) is 4.36. The molecule has 1 amide bonds. The molecule has 2 aromatic rings. The van der Waals surface area contributed by atoms with Crippen LogP contribution in [0.2, 0.25) is 0 Å². The summed E-state index contributed by atoms with van der Waals surface area (Å²) in [6.07, 6.45) is 1.88. The van der Waals surface area contributed by atoms with Gasteiger partial charge in [0.15, 0.2) is 5.76 Å². The van der Waals surface area contributed by atoms with Gasteiger partial charge in [-0.15, -0.1) is 0 Å². The molecular formula is C18H19NO5. The Morgan fingerprint density at radius 3 is 2.71 bits per heavy atom. The molecule has 1 aromatic heterocycles. The number of hydrogen-bond acceptors (Lipinski definition) is 4.